The second-order valence-electron chi connectivity index (χ2n) is 6.47. The van der Waals surface area contributed by atoms with Gasteiger partial charge in [0.1, 0.15) is 10.7 Å². The van der Waals surface area contributed by atoms with Crippen LogP contribution < -0.4 is 10.9 Å². The Morgan fingerprint density at radius 1 is 1.03 bits per heavy atom. The molecular weight excluding hydrogens is 470 g/mol. The Hall–Kier alpha value is -2.72. The summed E-state index contributed by atoms with van der Waals surface area (Å²) in [4.78, 5) is 21.0. The Morgan fingerprint density at radius 3 is 2.68 bits per heavy atom. The summed E-state index contributed by atoms with van der Waals surface area (Å²) >= 11 is 10.7. The van der Waals surface area contributed by atoms with Crippen LogP contribution in [0.1, 0.15) is 5.82 Å². The molecule has 0 spiro atoms. The lowest BCUT2D eigenvalue weighted by molar-refractivity contribution is 1.00. The first-order valence-electron chi connectivity index (χ1n) is 9.21. The summed E-state index contributed by atoms with van der Waals surface area (Å²) in [7, 11) is 0. The minimum absolute atomic E-state index is 0.166. The molecule has 2 aromatic carbocycles. The molecule has 0 atom stereocenters. The Labute approximate surface area is 194 Å². The molecule has 0 saturated heterocycles. The summed E-state index contributed by atoms with van der Waals surface area (Å²) < 4.78 is 0.795. The lowest BCUT2D eigenvalue weighted by Gasteiger charge is -2.03. The molecule has 3 heterocycles. The van der Waals surface area contributed by atoms with Crippen LogP contribution in [0.3, 0.4) is 0 Å². The van der Waals surface area contributed by atoms with Crippen molar-refractivity contribution >= 4 is 67.1 Å². The smallest absolute Gasteiger partial charge is 0.260 e. The number of benzene rings is 2. The molecule has 0 bridgehead atoms. The van der Waals surface area contributed by atoms with E-state index in [-0.39, 0.29) is 5.56 Å². The van der Waals surface area contributed by atoms with Crippen molar-refractivity contribution in [3.63, 3.8) is 0 Å². The highest BCUT2D eigenvalue weighted by Gasteiger charge is 2.15. The molecule has 0 radical (unpaired) electrons. The number of thioether (sulfide) groups is 1. The quantitative estimate of drug-likeness (QED) is 0.280. The molecule has 154 valence electrons. The zero-order valence-corrected chi connectivity index (χ0v) is 19.0. The third-order valence-electron chi connectivity index (χ3n) is 4.42. The molecule has 0 saturated carbocycles. The van der Waals surface area contributed by atoms with E-state index in [2.05, 4.69) is 25.5 Å². The van der Waals surface area contributed by atoms with Gasteiger partial charge in [-0.3, -0.25) is 4.79 Å². The summed E-state index contributed by atoms with van der Waals surface area (Å²) in [5, 5.41) is 15.4. The van der Waals surface area contributed by atoms with E-state index < -0.39 is 0 Å². The number of nitrogens with one attached hydrogen (secondary N) is 2. The van der Waals surface area contributed by atoms with Crippen LogP contribution in [-0.4, -0.2) is 20.2 Å². The topological polar surface area (TPSA) is 83.6 Å². The summed E-state index contributed by atoms with van der Waals surface area (Å²) in [6.45, 7) is 0. The van der Waals surface area contributed by atoms with Gasteiger partial charge in [0.2, 0.25) is 5.13 Å². The van der Waals surface area contributed by atoms with Crippen molar-refractivity contribution in [3.05, 3.63) is 81.2 Å². The Balaban J connectivity index is 1.34. The Bertz CT molecular complexity index is 1410. The Kier molecular flexibility index (Phi) is 5.73. The first kappa shape index (κ1) is 20.2. The van der Waals surface area contributed by atoms with E-state index in [0.29, 0.717) is 31.9 Å². The number of hydrogen-bond acceptors (Lipinski definition) is 8. The lowest BCUT2D eigenvalue weighted by Crippen LogP contribution is -2.10. The number of H-pyrrole nitrogens is 1. The van der Waals surface area contributed by atoms with Crippen LogP contribution in [0.25, 0.3) is 21.3 Å². The average Bonchev–Trinajstić information content (AvgIpc) is 3.41. The zero-order valence-electron chi connectivity index (χ0n) is 15.8. The average molecular weight is 484 g/mol. The van der Waals surface area contributed by atoms with Crippen molar-refractivity contribution in [2.24, 2.45) is 0 Å². The SMILES string of the molecule is O=c1[nH]c(CSc2nnc(Nc3ccccc3)s2)nc2scc(-c3ccccc3Cl)c12. The van der Waals surface area contributed by atoms with Crippen molar-refractivity contribution in [2.45, 2.75) is 10.1 Å². The number of aromatic nitrogens is 4. The molecule has 2 N–H and O–H groups in total. The van der Waals surface area contributed by atoms with Gasteiger partial charge in [0.15, 0.2) is 4.34 Å². The van der Waals surface area contributed by atoms with Gasteiger partial charge in [-0.25, -0.2) is 4.98 Å². The molecule has 5 aromatic rings. The third kappa shape index (κ3) is 4.35. The predicted octanol–water partition coefficient (Wildman–Crippen LogP) is 6.19. The maximum Gasteiger partial charge on any atom is 0.260 e. The first-order valence-corrected chi connectivity index (χ1v) is 12.3. The van der Waals surface area contributed by atoms with Crippen LogP contribution >= 0.6 is 46.0 Å². The van der Waals surface area contributed by atoms with E-state index >= 15 is 0 Å². The minimum atomic E-state index is -0.166. The monoisotopic (exact) mass is 483 g/mol. The molecule has 5 rings (SSSR count). The van der Waals surface area contributed by atoms with E-state index in [1.165, 1.54) is 34.4 Å². The fraction of sp³-hybridized carbons (Fsp3) is 0.0476. The second kappa shape index (κ2) is 8.80. The molecule has 0 aliphatic carbocycles. The number of hydrogen-bond donors (Lipinski definition) is 2. The fourth-order valence-corrected chi connectivity index (χ4v) is 5.87. The number of nitrogens with zero attached hydrogens (tertiary/aromatic N) is 3. The summed E-state index contributed by atoms with van der Waals surface area (Å²) in [6, 6.07) is 17.3. The maximum atomic E-state index is 12.8. The highest BCUT2D eigenvalue weighted by Crippen LogP contribution is 2.35. The van der Waals surface area contributed by atoms with Gasteiger partial charge in [-0.2, -0.15) is 0 Å². The van der Waals surface area contributed by atoms with E-state index in [1.807, 2.05) is 60.0 Å². The number of thiophene rings is 1. The molecule has 0 aliphatic heterocycles. The van der Waals surface area contributed by atoms with Gasteiger partial charge in [0.05, 0.1) is 11.1 Å². The Morgan fingerprint density at radius 2 is 1.84 bits per heavy atom. The molecule has 0 aliphatic rings. The molecule has 0 fully saturated rings. The van der Waals surface area contributed by atoms with E-state index in [1.54, 1.807) is 0 Å². The normalized spacial score (nSPS) is 11.1. The number of aromatic amines is 1. The standard InChI is InChI=1S/C21H14ClN5OS3/c22-15-9-5-4-8-13(15)14-10-29-19-17(14)18(28)24-16(25-19)11-30-21-27-26-20(31-21)23-12-6-2-1-3-7-12/h1-10H,11H2,(H,23,26)(H,24,25,28). The molecule has 0 amide bonds. The minimum Gasteiger partial charge on any atom is -0.330 e. The molecular formula is C21H14ClN5OS3. The van der Waals surface area contributed by atoms with Crippen molar-refractivity contribution in [1.29, 1.82) is 0 Å². The summed E-state index contributed by atoms with van der Waals surface area (Å²) in [6.07, 6.45) is 0. The summed E-state index contributed by atoms with van der Waals surface area (Å²) in [5.41, 5.74) is 2.43. The largest absolute Gasteiger partial charge is 0.330 e. The number of halogens is 1. The van der Waals surface area contributed by atoms with Crippen LogP contribution in [-0.2, 0) is 5.75 Å². The van der Waals surface area contributed by atoms with Gasteiger partial charge in [-0.15, -0.1) is 21.5 Å². The van der Waals surface area contributed by atoms with E-state index in [9.17, 15) is 4.79 Å². The van der Waals surface area contributed by atoms with Crippen LogP contribution in [0, 0.1) is 0 Å². The highest BCUT2D eigenvalue weighted by molar-refractivity contribution is 8.00. The van der Waals surface area contributed by atoms with Gasteiger partial charge < -0.3 is 10.3 Å². The molecule has 31 heavy (non-hydrogen) atoms. The number of rotatable bonds is 6. The fourth-order valence-electron chi connectivity index (χ4n) is 3.03. The lowest BCUT2D eigenvalue weighted by atomic mass is 10.1. The number of anilines is 2. The van der Waals surface area contributed by atoms with Gasteiger partial charge in [-0.05, 0) is 18.2 Å². The van der Waals surface area contributed by atoms with Crippen LogP contribution in [0.15, 0.2) is 69.1 Å². The van der Waals surface area contributed by atoms with Gasteiger partial charge >= 0.3 is 0 Å². The van der Waals surface area contributed by atoms with Crippen LogP contribution in [0.5, 0.6) is 0 Å². The van der Waals surface area contributed by atoms with Crippen LogP contribution in [0.4, 0.5) is 10.8 Å². The number of fused-ring (bicyclic) bond motifs is 1. The van der Waals surface area contributed by atoms with E-state index in [0.717, 1.165) is 21.2 Å². The van der Waals surface area contributed by atoms with Crippen LogP contribution in [0.2, 0.25) is 5.02 Å². The molecule has 0 unspecified atom stereocenters. The molecule has 6 nitrogen and oxygen atoms in total. The highest BCUT2D eigenvalue weighted by atomic mass is 35.5. The second-order valence-corrected chi connectivity index (χ2v) is 9.94. The number of para-hydroxylation sites is 1. The first-order chi connectivity index (χ1) is 15.2. The van der Waals surface area contributed by atoms with Crippen molar-refractivity contribution < 1.29 is 0 Å². The molecule has 10 heteroatoms. The van der Waals surface area contributed by atoms with Gasteiger partial charge in [0.25, 0.3) is 5.56 Å². The van der Waals surface area contributed by atoms with Gasteiger partial charge in [0, 0.05) is 27.2 Å². The van der Waals surface area contributed by atoms with E-state index in [4.69, 9.17) is 11.6 Å². The molecule has 3 aromatic heterocycles. The van der Waals surface area contributed by atoms with Crippen molar-refractivity contribution in [2.75, 3.05) is 5.32 Å². The predicted molar refractivity (Wildman–Crippen MR) is 130 cm³/mol. The zero-order chi connectivity index (χ0) is 21.2. The maximum absolute atomic E-state index is 12.8. The van der Waals surface area contributed by atoms with Gasteiger partial charge in [-0.1, -0.05) is 71.1 Å². The summed E-state index contributed by atoms with van der Waals surface area (Å²) in [5.74, 6) is 1.09. The van der Waals surface area contributed by atoms with Crippen molar-refractivity contribution in [3.8, 4) is 11.1 Å². The van der Waals surface area contributed by atoms with Crippen molar-refractivity contribution in [1.82, 2.24) is 20.2 Å². The third-order valence-corrected chi connectivity index (χ3v) is 7.61.